The fourth-order valence-electron chi connectivity index (χ4n) is 4.39. The number of hydrogen-bond acceptors (Lipinski definition) is 3. The number of aryl methyl sites for hydroxylation is 2. The van der Waals surface area contributed by atoms with Gasteiger partial charge in [0, 0.05) is 5.69 Å². The molecule has 1 heterocycles. The third kappa shape index (κ3) is 2.52. The number of hydrogen-bond donors (Lipinski definition) is 2. The normalized spacial score (nSPS) is 29.3. The monoisotopic (exact) mass is 339 g/mol. The van der Waals surface area contributed by atoms with Crippen molar-refractivity contribution in [3.63, 3.8) is 0 Å². The van der Waals surface area contributed by atoms with Crippen LogP contribution in [0, 0.1) is 37.5 Å². The average molecular weight is 339 g/mol. The van der Waals surface area contributed by atoms with E-state index in [4.69, 9.17) is 0 Å². The van der Waals surface area contributed by atoms with E-state index in [1.807, 2.05) is 32.0 Å². The summed E-state index contributed by atoms with van der Waals surface area (Å²) in [6, 6.07) is 5.31. The van der Waals surface area contributed by atoms with E-state index < -0.39 is 6.03 Å². The molecule has 2 N–H and O–H groups in total. The zero-order valence-electron chi connectivity index (χ0n) is 14.3. The van der Waals surface area contributed by atoms with Crippen molar-refractivity contribution in [2.75, 3.05) is 12.0 Å². The van der Waals surface area contributed by atoms with E-state index in [0.29, 0.717) is 5.69 Å². The summed E-state index contributed by atoms with van der Waals surface area (Å²) in [6.45, 7) is 3.82. The first-order chi connectivity index (χ1) is 12.0. The van der Waals surface area contributed by atoms with Crippen molar-refractivity contribution >= 4 is 23.5 Å². The Bertz CT molecular complexity index is 771. The Morgan fingerprint density at radius 2 is 1.76 bits per heavy atom. The molecule has 25 heavy (non-hydrogen) atoms. The number of fused-ring (bicyclic) bond motifs is 5. The number of carbonyl (C=O) groups is 3. The van der Waals surface area contributed by atoms with Crippen LogP contribution in [0.4, 0.5) is 10.5 Å². The molecule has 2 bridgehead atoms. The number of rotatable bonds is 3. The van der Waals surface area contributed by atoms with Crippen LogP contribution < -0.4 is 10.6 Å². The third-order valence-corrected chi connectivity index (χ3v) is 5.59. The van der Waals surface area contributed by atoms with E-state index in [1.54, 1.807) is 0 Å². The Balaban J connectivity index is 1.38. The van der Waals surface area contributed by atoms with Gasteiger partial charge in [-0.2, -0.15) is 0 Å². The highest BCUT2D eigenvalue weighted by atomic mass is 16.2. The number of nitrogens with zero attached hydrogens (tertiary/aromatic N) is 1. The molecule has 1 aliphatic heterocycles. The van der Waals surface area contributed by atoms with Crippen LogP contribution in [0.1, 0.15) is 17.5 Å². The largest absolute Gasteiger partial charge is 0.320 e. The van der Waals surface area contributed by atoms with Crippen LogP contribution in [0.25, 0.3) is 0 Å². The highest BCUT2D eigenvalue weighted by molar-refractivity contribution is 6.06. The van der Waals surface area contributed by atoms with Gasteiger partial charge in [0.2, 0.25) is 11.8 Å². The molecule has 1 aromatic rings. The predicted molar refractivity (Wildman–Crippen MR) is 92.5 cm³/mol. The second kappa shape index (κ2) is 5.72. The lowest BCUT2D eigenvalue weighted by atomic mass is 9.85. The number of imide groups is 1. The molecule has 0 spiro atoms. The standard InChI is InChI=1S/C19H21N3O3/c1-10-3-6-14(11(2)7-10)21-19(25)20-9-22-17(23)15-12-4-5-13(8-12)16(15)18(22)24/h3-7,12-13,15-16H,8-9H2,1-2H3,(H2,20,21,25). The molecular weight excluding hydrogens is 318 g/mol. The van der Waals surface area contributed by atoms with E-state index in [9.17, 15) is 14.4 Å². The minimum absolute atomic E-state index is 0.0825. The second-order valence-corrected chi connectivity index (χ2v) is 7.21. The van der Waals surface area contributed by atoms with Crippen LogP contribution >= 0.6 is 0 Å². The fraction of sp³-hybridized carbons (Fsp3) is 0.421. The van der Waals surface area contributed by atoms with Gasteiger partial charge in [-0.05, 0) is 43.7 Å². The van der Waals surface area contributed by atoms with Crippen molar-refractivity contribution < 1.29 is 14.4 Å². The van der Waals surface area contributed by atoms with Crippen LogP contribution in [-0.4, -0.2) is 29.4 Å². The van der Waals surface area contributed by atoms with Crippen LogP contribution in [-0.2, 0) is 9.59 Å². The fourth-order valence-corrected chi connectivity index (χ4v) is 4.39. The highest BCUT2D eigenvalue weighted by Crippen LogP contribution is 2.52. The molecule has 1 saturated carbocycles. The van der Waals surface area contributed by atoms with E-state index >= 15 is 0 Å². The summed E-state index contributed by atoms with van der Waals surface area (Å²) in [7, 11) is 0. The van der Waals surface area contributed by atoms with Gasteiger partial charge in [-0.1, -0.05) is 29.8 Å². The number of anilines is 1. The quantitative estimate of drug-likeness (QED) is 0.654. The Morgan fingerprint density at radius 1 is 1.12 bits per heavy atom. The van der Waals surface area contributed by atoms with Gasteiger partial charge in [-0.3, -0.25) is 14.5 Å². The maximum Gasteiger partial charge on any atom is 0.320 e. The Kier molecular flexibility index (Phi) is 3.63. The van der Waals surface area contributed by atoms with Gasteiger partial charge in [0.15, 0.2) is 0 Å². The number of nitrogens with one attached hydrogen (secondary N) is 2. The number of amides is 4. The third-order valence-electron chi connectivity index (χ3n) is 5.59. The second-order valence-electron chi connectivity index (χ2n) is 7.21. The van der Waals surface area contributed by atoms with Crippen molar-refractivity contribution in [1.29, 1.82) is 0 Å². The molecular formula is C19H21N3O3. The minimum Gasteiger partial charge on any atom is -0.320 e. The molecule has 2 fully saturated rings. The molecule has 1 aromatic carbocycles. The maximum absolute atomic E-state index is 12.5. The van der Waals surface area contributed by atoms with Gasteiger partial charge in [-0.25, -0.2) is 4.79 Å². The summed E-state index contributed by atoms with van der Waals surface area (Å²) >= 11 is 0. The molecule has 3 aliphatic rings. The summed E-state index contributed by atoms with van der Waals surface area (Å²) in [5.41, 5.74) is 2.79. The van der Waals surface area contributed by atoms with Crippen LogP contribution in [0.5, 0.6) is 0 Å². The van der Waals surface area contributed by atoms with Gasteiger partial charge in [0.1, 0.15) is 6.67 Å². The minimum atomic E-state index is -0.425. The van der Waals surface area contributed by atoms with Crippen molar-refractivity contribution in [2.24, 2.45) is 23.7 Å². The van der Waals surface area contributed by atoms with Gasteiger partial charge < -0.3 is 10.6 Å². The smallest absolute Gasteiger partial charge is 0.320 e. The number of carbonyl (C=O) groups excluding carboxylic acids is 3. The van der Waals surface area contributed by atoms with E-state index in [1.165, 1.54) is 4.90 Å². The van der Waals surface area contributed by atoms with Crippen molar-refractivity contribution in [3.8, 4) is 0 Å². The number of allylic oxidation sites excluding steroid dienone is 2. The highest BCUT2D eigenvalue weighted by Gasteiger charge is 2.59. The Hall–Kier alpha value is -2.63. The SMILES string of the molecule is Cc1ccc(NC(=O)NCN2C(=O)C3C4C=CC(C4)C3C2=O)c(C)c1. The molecule has 4 atom stereocenters. The molecule has 4 amide bonds. The van der Waals surface area contributed by atoms with Gasteiger partial charge in [-0.15, -0.1) is 0 Å². The summed E-state index contributed by atoms with van der Waals surface area (Å²) in [5, 5.41) is 5.39. The lowest BCUT2D eigenvalue weighted by Gasteiger charge is -2.18. The van der Waals surface area contributed by atoms with Crippen LogP contribution in [0.2, 0.25) is 0 Å². The molecule has 0 aromatic heterocycles. The molecule has 0 radical (unpaired) electrons. The summed E-state index contributed by atoms with van der Waals surface area (Å²) in [4.78, 5) is 38.4. The lowest BCUT2D eigenvalue weighted by molar-refractivity contribution is -0.140. The first-order valence-corrected chi connectivity index (χ1v) is 8.61. The Labute approximate surface area is 146 Å². The van der Waals surface area contributed by atoms with E-state index in [-0.39, 0.29) is 42.2 Å². The van der Waals surface area contributed by atoms with Crippen LogP contribution in [0.3, 0.4) is 0 Å². The zero-order valence-corrected chi connectivity index (χ0v) is 14.3. The van der Waals surface area contributed by atoms with Gasteiger partial charge in [0.25, 0.3) is 0 Å². The predicted octanol–water partition coefficient (Wildman–Crippen LogP) is 2.19. The molecule has 4 rings (SSSR count). The van der Waals surface area contributed by atoms with Crippen molar-refractivity contribution in [2.45, 2.75) is 20.3 Å². The molecule has 4 unspecified atom stereocenters. The molecule has 2 aliphatic carbocycles. The molecule has 1 saturated heterocycles. The topological polar surface area (TPSA) is 78.5 Å². The average Bonchev–Trinajstić information content (AvgIpc) is 3.23. The van der Waals surface area contributed by atoms with Crippen molar-refractivity contribution in [3.05, 3.63) is 41.5 Å². The summed E-state index contributed by atoms with van der Waals surface area (Å²) < 4.78 is 0. The zero-order chi connectivity index (χ0) is 17.7. The van der Waals surface area contributed by atoms with Gasteiger partial charge >= 0.3 is 6.03 Å². The van der Waals surface area contributed by atoms with E-state index in [0.717, 1.165) is 17.5 Å². The molecule has 130 valence electrons. The first-order valence-electron chi connectivity index (χ1n) is 8.61. The lowest BCUT2D eigenvalue weighted by Crippen LogP contribution is -2.43. The summed E-state index contributed by atoms with van der Waals surface area (Å²) in [6.07, 6.45) is 5.02. The summed E-state index contributed by atoms with van der Waals surface area (Å²) in [5.74, 6) is -0.406. The van der Waals surface area contributed by atoms with Crippen molar-refractivity contribution in [1.82, 2.24) is 10.2 Å². The van der Waals surface area contributed by atoms with Crippen LogP contribution in [0.15, 0.2) is 30.4 Å². The first kappa shape index (κ1) is 15.9. The van der Waals surface area contributed by atoms with E-state index in [2.05, 4.69) is 22.8 Å². The van der Waals surface area contributed by atoms with Gasteiger partial charge in [0.05, 0.1) is 11.8 Å². The molecule has 6 nitrogen and oxygen atoms in total. The number of likely N-dealkylation sites (tertiary alicyclic amines) is 1. The molecule has 6 heteroatoms. The number of benzene rings is 1. The maximum atomic E-state index is 12.5. The Morgan fingerprint density at radius 3 is 2.36 bits per heavy atom. The number of urea groups is 1.